The lowest BCUT2D eigenvalue weighted by atomic mass is 10.1. The highest BCUT2D eigenvalue weighted by Gasteiger charge is 2.09. The van der Waals surface area contributed by atoms with Gasteiger partial charge in [-0.25, -0.2) is 0 Å². The van der Waals surface area contributed by atoms with Gasteiger partial charge in [0, 0.05) is 41.8 Å². The minimum atomic E-state index is -0.00621. The molecule has 25 heavy (non-hydrogen) atoms. The van der Waals surface area contributed by atoms with E-state index in [4.69, 9.17) is 0 Å². The van der Waals surface area contributed by atoms with Crippen molar-refractivity contribution < 1.29 is 4.79 Å². The summed E-state index contributed by atoms with van der Waals surface area (Å²) in [5, 5.41) is 7.73. The van der Waals surface area contributed by atoms with Gasteiger partial charge in [-0.3, -0.25) is 4.79 Å². The van der Waals surface area contributed by atoms with Crippen molar-refractivity contribution in [2.45, 2.75) is 39.4 Å². The number of fused-ring (bicyclic) bond motifs is 1. The Labute approximate surface area is 148 Å². The minimum absolute atomic E-state index is 0.00621. The first-order valence-electron chi connectivity index (χ1n) is 8.83. The molecule has 0 spiro atoms. The van der Waals surface area contributed by atoms with Crippen LogP contribution in [0.4, 0.5) is 0 Å². The van der Waals surface area contributed by atoms with Crippen molar-refractivity contribution >= 4 is 16.8 Å². The van der Waals surface area contributed by atoms with Gasteiger partial charge in [-0.2, -0.15) is 0 Å². The van der Waals surface area contributed by atoms with E-state index in [-0.39, 0.29) is 11.9 Å². The maximum Gasteiger partial charge on any atom is 0.251 e. The van der Waals surface area contributed by atoms with Crippen molar-refractivity contribution in [3.05, 3.63) is 71.4 Å². The summed E-state index contributed by atoms with van der Waals surface area (Å²) in [5.74, 6) is -0.00621. The predicted molar refractivity (Wildman–Crippen MR) is 103 cm³/mol. The van der Waals surface area contributed by atoms with E-state index in [0.717, 1.165) is 30.6 Å². The number of H-pyrrole nitrogens is 1. The van der Waals surface area contributed by atoms with Crippen LogP contribution in [-0.2, 0) is 13.1 Å². The molecule has 1 heterocycles. The molecule has 1 aromatic heterocycles. The topological polar surface area (TPSA) is 56.9 Å². The molecule has 4 nitrogen and oxygen atoms in total. The van der Waals surface area contributed by atoms with Gasteiger partial charge in [-0.05, 0) is 48.7 Å². The normalized spacial score (nSPS) is 12.2. The summed E-state index contributed by atoms with van der Waals surface area (Å²) in [7, 11) is 0. The summed E-state index contributed by atoms with van der Waals surface area (Å²) in [6, 6.07) is 16.4. The highest BCUT2D eigenvalue weighted by molar-refractivity contribution is 5.94. The maximum atomic E-state index is 12.2. The van der Waals surface area contributed by atoms with Crippen LogP contribution < -0.4 is 10.6 Å². The molecule has 1 unspecified atom stereocenters. The number of aromatic amines is 1. The molecule has 0 aliphatic carbocycles. The molecule has 2 aromatic carbocycles. The molecule has 0 aliphatic heterocycles. The first-order chi connectivity index (χ1) is 12.2. The van der Waals surface area contributed by atoms with Gasteiger partial charge in [-0.1, -0.05) is 31.2 Å². The third kappa shape index (κ3) is 4.28. The zero-order chi connectivity index (χ0) is 17.6. The number of carbonyl (C=O) groups is 1. The standard InChI is InChI=1S/C21H25N3O/c1-3-15(2)24-21(25)17-7-4-6-16(12-17)13-22-14-18-8-5-9-20-19(18)10-11-23-20/h4-12,15,22-23H,3,13-14H2,1-2H3,(H,24,25). The first-order valence-corrected chi connectivity index (χ1v) is 8.83. The second-order valence-electron chi connectivity index (χ2n) is 6.44. The Kier molecular flexibility index (Phi) is 5.51. The third-order valence-corrected chi connectivity index (χ3v) is 4.51. The molecule has 3 rings (SSSR count). The predicted octanol–water partition coefficient (Wildman–Crippen LogP) is 3.99. The van der Waals surface area contributed by atoms with E-state index in [1.807, 2.05) is 37.4 Å². The number of amides is 1. The zero-order valence-electron chi connectivity index (χ0n) is 14.8. The Morgan fingerprint density at radius 3 is 2.80 bits per heavy atom. The molecular weight excluding hydrogens is 310 g/mol. The lowest BCUT2D eigenvalue weighted by Crippen LogP contribution is -2.32. The lowest BCUT2D eigenvalue weighted by Gasteiger charge is -2.12. The molecule has 1 atom stereocenters. The number of hydrogen-bond donors (Lipinski definition) is 3. The van der Waals surface area contributed by atoms with Gasteiger partial charge in [0.1, 0.15) is 0 Å². The fourth-order valence-corrected chi connectivity index (χ4v) is 2.88. The van der Waals surface area contributed by atoms with Crippen molar-refractivity contribution in [1.82, 2.24) is 15.6 Å². The molecule has 1 amide bonds. The van der Waals surface area contributed by atoms with Gasteiger partial charge in [0.2, 0.25) is 0 Å². The Morgan fingerprint density at radius 1 is 1.12 bits per heavy atom. The monoisotopic (exact) mass is 335 g/mol. The summed E-state index contributed by atoms with van der Waals surface area (Å²) in [5.41, 5.74) is 4.25. The molecule has 0 saturated carbocycles. The summed E-state index contributed by atoms with van der Waals surface area (Å²) < 4.78 is 0. The number of nitrogens with one attached hydrogen (secondary N) is 3. The Balaban J connectivity index is 1.61. The molecule has 0 aliphatic rings. The molecule has 130 valence electrons. The summed E-state index contributed by atoms with van der Waals surface area (Å²) >= 11 is 0. The van der Waals surface area contributed by atoms with Crippen molar-refractivity contribution in [2.75, 3.05) is 0 Å². The number of carbonyl (C=O) groups excluding carboxylic acids is 1. The molecule has 0 fully saturated rings. The van der Waals surface area contributed by atoms with E-state index < -0.39 is 0 Å². The second-order valence-corrected chi connectivity index (χ2v) is 6.44. The van der Waals surface area contributed by atoms with Gasteiger partial charge in [0.25, 0.3) is 5.91 Å². The molecule has 0 radical (unpaired) electrons. The third-order valence-electron chi connectivity index (χ3n) is 4.51. The molecule has 0 bridgehead atoms. The first kappa shape index (κ1) is 17.2. The average molecular weight is 335 g/mol. The van der Waals surface area contributed by atoms with Gasteiger partial charge < -0.3 is 15.6 Å². The van der Waals surface area contributed by atoms with Crippen LogP contribution in [0.3, 0.4) is 0 Å². The quantitative estimate of drug-likeness (QED) is 0.611. The maximum absolute atomic E-state index is 12.2. The van der Waals surface area contributed by atoms with Crippen LogP contribution in [0, 0.1) is 0 Å². The molecule has 3 aromatic rings. The zero-order valence-corrected chi connectivity index (χ0v) is 14.8. The van der Waals surface area contributed by atoms with Crippen molar-refractivity contribution in [1.29, 1.82) is 0 Å². The average Bonchev–Trinajstić information content (AvgIpc) is 3.11. The molecule has 0 saturated heterocycles. The van der Waals surface area contributed by atoms with E-state index in [1.54, 1.807) is 0 Å². The van der Waals surface area contributed by atoms with Crippen molar-refractivity contribution in [3.8, 4) is 0 Å². The lowest BCUT2D eigenvalue weighted by molar-refractivity contribution is 0.0939. The van der Waals surface area contributed by atoms with Gasteiger partial charge >= 0.3 is 0 Å². The fraction of sp³-hybridized carbons (Fsp3) is 0.286. The Hall–Kier alpha value is -2.59. The van der Waals surface area contributed by atoms with E-state index in [0.29, 0.717) is 5.56 Å². The highest BCUT2D eigenvalue weighted by Crippen LogP contribution is 2.17. The Bertz CT molecular complexity index is 853. The minimum Gasteiger partial charge on any atom is -0.361 e. The Morgan fingerprint density at radius 2 is 1.96 bits per heavy atom. The summed E-state index contributed by atoms with van der Waals surface area (Å²) in [6.07, 6.45) is 2.89. The largest absolute Gasteiger partial charge is 0.361 e. The number of hydrogen-bond acceptors (Lipinski definition) is 2. The number of aromatic nitrogens is 1. The highest BCUT2D eigenvalue weighted by atomic mass is 16.1. The second kappa shape index (κ2) is 7.99. The fourth-order valence-electron chi connectivity index (χ4n) is 2.88. The molecule has 4 heteroatoms. The van der Waals surface area contributed by atoms with Crippen LogP contribution in [0.5, 0.6) is 0 Å². The number of benzene rings is 2. The van der Waals surface area contributed by atoms with Crippen LogP contribution in [0.25, 0.3) is 10.9 Å². The summed E-state index contributed by atoms with van der Waals surface area (Å²) in [4.78, 5) is 15.5. The molecule has 3 N–H and O–H groups in total. The van der Waals surface area contributed by atoms with Crippen molar-refractivity contribution in [3.63, 3.8) is 0 Å². The van der Waals surface area contributed by atoms with Crippen LogP contribution in [0.2, 0.25) is 0 Å². The van der Waals surface area contributed by atoms with Crippen LogP contribution in [0.1, 0.15) is 41.8 Å². The number of rotatable bonds is 7. The van der Waals surface area contributed by atoms with E-state index in [1.165, 1.54) is 10.9 Å². The van der Waals surface area contributed by atoms with Crippen LogP contribution in [-0.4, -0.2) is 16.9 Å². The van der Waals surface area contributed by atoms with Crippen molar-refractivity contribution in [2.24, 2.45) is 0 Å². The van der Waals surface area contributed by atoms with Crippen LogP contribution >= 0.6 is 0 Å². The van der Waals surface area contributed by atoms with Gasteiger partial charge in [0.15, 0.2) is 0 Å². The van der Waals surface area contributed by atoms with Crippen LogP contribution in [0.15, 0.2) is 54.7 Å². The molecular formula is C21H25N3O. The van der Waals surface area contributed by atoms with E-state index in [2.05, 4.69) is 46.8 Å². The van der Waals surface area contributed by atoms with Gasteiger partial charge in [0.05, 0.1) is 0 Å². The SMILES string of the molecule is CCC(C)NC(=O)c1cccc(CNCc2cccc3[nH]ccc23)c1. The van der Waals surface area contributed by atoms with Gasteiger partial charge in [-0.15, -0.1) is 0 Å². The van der Waals surface area contributed by atoms with E-state index >= 15 is 0 Å². The smallest absolute Gasteiger partial charge is 0.251 e. The summed E-state index contributed by atoms with van der Waals surface area (Å²) in [6.45, 7) is 5.60. The van der Waals surface area contributed by atoms with E-state index in [9.17, 15) is 4.79 Å².